The normalized spacial score (nSPS) is 11.7. The van der Waals surface area contributed by atoms with Gasteiger partial charge in [0.1, 0.15) is 0 Å². The number of nitrogens with zero attached hydrogens (tertiary/aromatic N) is 1. The summed E-state index contributed by atoms with van der Waals surface area (Å²) in [5, 5.41) is 11.7. The van der Waals surface area contributed by atoms with Crippen LogP contribution in [-0.4, -0.2) is 55.4 Å². The topological polar surface area (TPSA) is 78.9 Å². The largest absolute Gasteiger partial charge is 0.481 e. The molecular formula is C17H26N2O4. The molecule has 128 valence electrons. The van der Waals surface area contributed by atoms with Crippen LogP contribution in [0.1, 0.15) is 24.8 Å². The molecule has 1 aromatic carbocycles. The first-order valence-electron chi connectivity index (χ1n) is 7.79. The first-order chi connectivity index (χ1) is 11.0. The van der Waals surface area contributed by atoms with E-state index in [1.165, 1.54) is 4.90 Å². The third-order valence-corrected chi connectivity index (χ3v) is 3.56. The van der Waals surface area contributed by atoms with E-state index in [0.717, 1.165) is 24.8 Å². The number of carbonyl (C=O) groups is 2. The molecule has 0 aliphatic carbocycles. The summed E-state index contributed by atoms with van der Waals surface area (Å²) in [6.45, 7) is 0.841. The lowest BCUT2D eigenvalue weighted by Gasteiger charge is -2.23. The molecule has 0 fully saturated rings. The Balaban J connectivity index is 2.56. The van der Waals surface area contributed by atoms with Crippen LogP contribution in [0.4, 0.5) is 4.79 Å². The number of amides is 2. The predicted molar refractivity (Wildman–Crippen MR) is 88.5 cm³/mol. The summed E-state index contributed by atoms with van der Waals surface area (Å²) in [6.07, 6.45) is 2.34. The summed E-state index contributed by atoms with van der Waals surface area (Å²) < 4.78 is 5.07. The van der Waals surface area contributed by atoms with E-state index in [-0.39, 0.29) is 25.0 Å². The molecule has 1 aromatic rings. The van der Waals surface area contributed by atoms with Gasteiger partial charge in [-0.1, -0.05) is 30.3 Å². The molecule has 6 heteroatoms. The Morgan fingerprint density at radius 3 is 2.61 bits per heavy atom. The highest BCUT2D eigenvalue weighted by Crippen LogP contribution is 2.08. The molecule has 1 atom stereocenters. The monoisotopic (exact) mass is 322 g/mol. The zero-order valence-corrected chi connectivity index (χ0v) is 13.8. The van der Waals surface area contributed by atoms with E-state index in [9.17, 15) is 9.59 Å². The third-order valence-electron chi connectivity index (χ3n) is 3.56. The second kappa shape index (κ2) is 10.6. The van der Waals surface area contributed by atoms with Gasteiger partial charge in [-0.2, -0.15) is 0 Å². The summed E-state index contributed by atoms with van der Waals surface area (Å²) in [7, 11) is 3.26. The van der Waals surface area contributed by atoms with Crippen molar-refractivity contribution in [2.75, 3.05) is 27.3 Å². The number of methoxy groups -OCH3 is 1. The van der Waals surface area contributed by atoms with Gasteiger partial charge >= 0.3 is 12.0 Å². The van der Waals surface area contributed by atoms with E-state index in [1.807, 2.05) is 30.3 Å². The Morgan fingerprint density at radius 2 is 2.00 bits per heavy atom. The van der Waals surface area contributed by atoms with Crippen molar-refractivity contribution >= 4 is 12.0 Å². The third kappa shape index (κ3) is 8.21. The maximum Gasteiger partial charge on any atom is 0.317 e. The van der Waals surface area contributed by atoms with E-state index >= 15 is 0 Å². The second-order valence-electron chi connectivity index (χ2n) is 5.54. The summed E-state index contributed by atoms with van der Waals surface area (Å²) in [6, 6.07) is 9.72. The van der Waals surface area contributed by atoms with E-state index in [0.29, 0.717) is 6.61 Å². The lowest BCUT2D eigenvalue weighted by Crippen LogP contribution is -2.44. The minimum absolute atomic E-state index is 0.00710. The van der Waals surface area contributed by atoms with Gasteiger partial charge in [-0.3, -0.25) is 4.79 Å². The number of carboxylic acids is 1. The van der Waals surface area contributed by atoms with Gasteiger partial charge in [0, 0.05) is 33.4 Å². The molecule has 2 amide bonds. The number of carboxylic acid groups (broad SMARTS) is 1. The molecular weight excluding hydrogens is 296 g/mol. The minimum atomic E-state index is -0.911. The van der Waals surface area contributed by atoms with Crippen LogP contribution in [0, 0.1) is 0 Å². The zero-order valence-electron chi connectivity index (χ0n) is 13.8. The van der Waals surface area contributed by atoms with Gasteiger partial charge < -0.3 is 20.1 Å². The average molecular weight is 322 g/mol. The quantitative estimate of drug-likeness (QED) is 0.647. The molecule has 1 unspecified atom stereocenters. The van der Waals surface area contributed by atoms with Gasteiger partial charge in [0.25, 0.3) is 0 Å². The van der Waals surface area contributed by atoms with Crippen LogP contribution in [0.25, 0.3) is 0 Å². The molecule has 0 saturated heterocycles. The van der Waals surface area contributed by atoms with Gasteiger partial charge in [0.05, 0.1) is 6.42 Å². The standard InChI is InChI=1S/C17H26N2O4/c1-19(11-10-16(20)21)17(22)18-15(9-6-12-23-2)13-14-7-4-3-5-8-14/h3-5,7-8,15H,6,9-13H2,1-2H3,(H,18,22)(H,20,21). The molecule has 0 heterocycles. The highest BCUT2D eigenvalue weighted by atomic mass is 16.5. The molecule has 0 saturated carbocycles. The number of hydrogen-bond donors (Lipinski definition) is 2. The Bertz CT molecular complexity index is 479. The van der Waals surface area contributed by atoms with Crippen LogP contribution in [0.3, 0.4) is 0 Å². The fraction of sp³-hybridized carbons (Fsp3) is 0.529. The average Bonchev–Trinajstić information content (AvgIpc) is 2.53. The second-order valence-corrected chi connectivity index (χ2v) is 5.54. The van der Waals surface area contributed by atoms with Gasteiger partial charge in [0.2, 0.25) is 0 Å². The van der Waals surface area contributed by atoms with Crippen LogP contribution >= 0.6 is 0 Å². The molecule has 23 heavy (non-hydrogen) atoms. The molecule has 0 bridgehead atoms. The zero-order chi connectivity index (χ0) is 17.1. The van der Waals surface area contributed by atoms with Gasteiger partial charge in [0.15, 0.2) is 0 Å². The number of urea groups is 1. The molecule has 0 aromatic heterocycles. The van der Waals surface area contributed by atoms with Crippen LogP contribution in [0.5, 0.6) is 0 Å². The highest BCUT2D eigenvalue weighted by molar-refractivity contribution is 5.75. The number of aliphatic carboxylic acids is 1. The summed E-state index contributed by atoms with van der Waals surface area (Å²) in [5.74, 6) is -0.911. The van der Waals surface area contributed by atoms with Crippen LogP contribution in [0.15, 0.2) is 30.3 Å². The van der Waals surface area contributed by atoms with Crippen molar-refractivity contribution in [1.82, 2.24) is 10.2 Å². The van der Waals surface area contributed by atoms with E-state index in [4.69, 9.17) is 9.84 Å². The smallest absolute Gasteiger partial charge is 0.317 e. The molecule has 1 rings (SSSR count). The molecule has 6 nitrogen and oxygen atoms in total. The Morgan fingerprint density at radius 1 is 1.30 bits per heavy atom. The fourth-order valence-corrected chi connectivity index (χ4v) is 2.25. The summed E-state index contributed by atoms with van der Waals surface area (Å²) in [4.78, 5) is 24.2. The fourth-order valence-electron chi connectivity index (χ4n) is 2.25. The van der Waals surface area contributed by atoms with Crippen LogP contribution < -0.4 is 5.32 Å². The highest BCUT2D eigenvalue weighted by Gasteiger charge is 2.16. The number of benzene rings is 1. The SMILES string of the molecule is COCCCC(Cc1ccccc1)NC(=O)N(C)CCC(=O)O. The molecule has 0 radical (unpaired) electrons. The number of rotatable bonds is 10. The van der Waals surface area contributed by atoms with Gasteiger partial charge in [-0.15, -0.1) is 0 Å². The molecule has 0 spiro atoms. The summed E-state index contributed by atoms with van der Waals surface area (Å²) in [5.41, 5.74) is 1.16. The number of hydrogen-bond acceptors (Lipinski definition) is 3. The number of carbonyl (C=O) groups excluding carboxylic acids is 1. The van der Waals surface area contributed by atoms with E-state index in [1.54, 1.807) is 14.2 Å². The van der Waals surface area contributed by atoms with Crippen molar-refractivity contribution in [3.05, 3.63) is 35.9 Å². The van der Waals surface area contributed by atoms with Crippen molar-refractivity contribution < 1.29 is 19.4 Å². The van der Waals surface area contributed by atoms with Crippen LogP contribution in [0.2, 0.25) is 0 Å². The van der Waals surface area contributed by atoms with Crippen molar-refractivity contribution in [1.29, 1.82) is 0 Å². The first-order valence-corrected chi connectivity index (χ1v) is 7.79. The maximum absolute atomic E-state index is 12.2. The lowest BCUT2D eigenvalue weighted by molar-refractivity contribution is -0.137. The van der Waals surface area contributed by atoms with Crippen molar-refractivity contribution in [2.24, 2.45) is 0 Å². The lowest BCUT2D eigenvalue weighted by atomic mass is 10.0. The van der Waals surface area contributed by atoms with Crippen molar-refractivity contribution in [3.63, 3.8) is 0 Å². The minimum Gasteiger partial charge on any atom is -0.481 e. The molecule has 2 N–H and O–H groups in total. The van der Waals surface area contributed by atoms with Crippen molar-refractivity contribution in [3.8, 4) is 0 Å². The molecule has 0 aliphatic heterocycles. The molecule has 0 aliphatic rings. The predicted octanol–water partition coefficient (Wildman–Crippen LogP) is 2.14. The first kappa shape index (κ1) is 19.0. The Labute approximate surface area is 137 Å². The van der Waals surface area contributed by atoms with E-state index < -0.39 is 5.97 Å². The van der Waals surface area contributed by atoms with Crippen LogP contribution in [-0.2, 0) is 16.0 Å². The summed E-state index contributed by atoms with van der Waals surface area (Å²) >= 11 is 0. The Kier molecular flexibility index (Phi) is 8.75. The number of ether oxygens (including phenoxy) is 1. The number of nitrogens with one attached hydrogen (secondary N) is 1. The maximum atomic E-state index is 12.2. The van der Waals surface area contributed by atoms with Gasteiger partial charge in [-0.05, 0) is 24.8 Å². The van der Waals surface area contributed by atoms with Gasteiger partial charge in [-0.25, -0.2) is 4.79 Å². The van der Waals surface area contributed by atoms with Crippen molar-refractivity contribution in [2.45, 2.75) is 31.7 Å². The van der Waals surface area contributed by atoms with E-state index in [2.05, 4.69) is 5.32 Å². The Hall–Kier alpha value is -2.08.